The lowest BCUT2D eigenvalue weighted by atomic mass is 9.87. The Labute approximate surface area is 207 Å². The van der Waals surface area contributed by atoms with Crippen LogP contribution >= 0.6 is 0 Å². The van der Waals surface area contributed by atoms with Crippen LogP contribution in [0.4, 0.5) is 24.8 Å². The summed E-state index contributed by atoms with van der Waals surface area (Å²) >= 11 is 0. The number of hydrogen-bond donors (Lipinski definition) is 2. The highest BCUT2D eigenvalue weighted by atomic mass is 32.2. The molecule has 4 heterocycles. The van der Waals surface area contributed by atoms with Crippen molar-refractivity contribution in [3.8, 4) is 0 Å². The number of amides is 1. The van der Waals surface area contributed by atoms with E-state index in [1.54, 1.807) is 37.5 Å². The van der Waals surface area contributed by atoms with Gasteiger partial charge in [0, 0.05) is 38.4 Å². The summed E-state index contributed by atoms with van der Waals surface area (Å²) in [4.78, 5) is 26.3. The predicted octanol–water partition coefficient (Wildman–Crippen LogP) is 2.14. The van der Waals surface area contributed by atoms with E-state index in [0.29, 0.717) is 17.5 Å². The van der Waals surface area contributed by atoms with E-state index < -0.39 is 35.0 Å². The van der Waals surface area contributed by atoms with Crippen molar-refractivity contribution in [2.45, 2.75) is 51.0 Å². The van der Waals surface area contributed by atoms with Crippen LogP contribution in [0.5, 0.6) is 0 Å². The standard InChI is InChI=1S/C22H28F3N7O3S/c1-3-36(34,35)31-8-9-32(17(13-31)22(23,24)25)20-11-16(12-21(33)30-20)15-4-6-27-19(10-15)29-18-5-7-26-14(2)28-18/h4-7,10,16-17,20H,3,8-9,11-13H2,1-2H3,(H,30,33)(H,26,27,28,29). The normalized spacial score (nSPS) is 24.4. The first-order valence-corrected chi connectivity index (χ1v) is 13.2. The molecule has 2 aliphatic heterocycles. The molecule has 2 saturated heterocycles. The highest BCUT2D eigenvalue weighted by Gasteiger charge is 2.51. The molecule has 3 unspecified atom stereocenters. The van der Waals surface area contributed by atoms with Gasteiger partial charge >= 0.3 is 6.18 Å². The fourth-order valence-electron chi connectivity index (χ4n) is 4.65. The van der Waals surface area contributed by atoms with Gasteiger partial charge in [-0.05, 0) is 49.9 Å². The number of hydrogen-bond acceptors (Lipinski definition) is 8. The Morgan fingerprint density at radius 2 is 1.92 bits per heavy atom. The number of nitrogens with zero attached hydrogens (tertiary/aromatic N) is 5. The molecule has 14 heteroatoms. The second kappa shape index (κ2) is 10.3. The van der Waals surface area contributed by atoms with Crippen molar-refractivity contribution in [3.05, 3.63) is 42.0 Å². The number of piperidine rings is 1. The number of nitrogens with one attached hydrogen (secondary N) is 2. The number of anilines is 2. The van der Waals surface area contributed by atoms with Gasteiger partial charge in [-0.2, -0.15) is 17.5 Å². The lowest BCUT2D eigenvalue weighted by Gasteiger charge is -2.47. The SMILES string of the molecule is CCS(=O)(=O)N1CCN(C2CC(c3ccnc(Nc4ccnc(C)n4)c3)CC(=O)N2)C(C(F)(F)F)C1. The largest absolute Gasteiger partial charge is 0.405 e. The highest BCUT2D eigenvalue weighted by Crippen LogP contribution is 2.35. The summed E-state index contributed by atoms with van der Waals surface area (Å²) in [7, 11) is -3.77. The molecular weight excluding hydrogens is 499 g/mol. The van der Waals surface area contributed by atoms with Gasteiger partial charge in [0.2, 0.25) is 15.9 Å². The molecule has 0 bridgehead atoms. The second-order valence-corrected chi connectivity index (χ2v) is 11.1. The van der Waals surface area contributed by atoms with Crippen LogP contribution in [0.2, 0.25) is 0 Å². The van der Waals surface area contributed by atoms with Gasteiger partial charge in [0.1, 0.15) is 23.5 Å². The third kappa shape index (κ3) is 5.93. The highest BCUT2D eigenvalue weighted by molar-refractivity contribution is 7.89. The average Bonchev–Trinajstić information content (AvgIpc) is 2.83. The number of piperazine rings is 1. The van der Waals surface area contributed by atoms with E-state index in [-0.39, 0.29) is 43.5 Å². The molecule has 196 valence electrons. The maximum atomic E-state index is 14.0. The van der Waals surface area contributed by atoms with Crippen LogP contribution in [-0.4, -0.2) is 82.3 Å². The molecule has 2 aliphatic rings. The van der Waals surface area contributed by atoms with Gasteiger partial charge in [-0.25, -0.2) is 23.4 Å². The van der Waals surface area contributed by atoms with E-state index >= 15 is 0 Å². The van der Waals surface area contributed by atoms with Crippen molar-refractivity contribution in [1.82, 2.24) is 29.5 Å². The maximum Gasteiger partial charge on any atom is 0.405 e. The van der Waals surface area contributed by atoms with Crippen molar-refractivity contribution >= 4 is 27.6 Å². The fraction of sp³-hybridized carbons (Fsp3) is 0.545. The predicted molar refractivity (Wildman–Crippen MR) is 126 cm³/mol. The zero-order valence-corrected chi connectivity index (χ0v) is 20.7. The maximum absolute atomic E-state index is 14.0. The van der Waals surface area contributed by atoms with Crippen LogP contribution in [-0.2, 0) is 14.8 Å². The number of halogens is 3. The molecule has 0 saturated carbocycles. The molecule has 1 amide bonds. The third-order valence-corrected chi connectivity index (χ3v) is 8.32. The van der Waals surface area contributed by atoms with Gasteiger partial charge in [-0.3, -0.25) is 9.69 Å². The topological polar surface area (TPSA) is 120 Å². The molecule has 3 atom stereocenters. The lowest BCUT2D eigenvalue weighted by molar-refractivity contribution is -0.202. The number of aromatic nitrogens is 3. The van der Waals surface area contributed by atoms with Crippen molar-refractivity contribution in [1.29, 1.82) is 0 Å². The number of carbonyl (C=O) groups excluding carboxylic acids is 1. The molecule has 0 aliphatic carbocycles. The minimum atomic E-state index is -4.66. The van der Waals surface area contributed by atoms with Crippen LogP contribution < -0.4 is 10.6 Å². The minimum absolute atomic E-state index is 0.0680. The molecule has 2 fully saturated rings. The van der Waals surface area contributed by atoms with Crippen molar-refractivity contribution in [3.63, 3.8) is 0 Å². The Morgan fingerprint density at radius 3 is 2.61 bits per heavy atom. The number of pyridine rings is 1. The average molecular weight is 528 g/mol. The van der Waals surface area contributed by atoms with Gasteiger partial charge in [0.25, 0.3) is 0 Å². The molecule has 2 aromatic rings. The first-order valence-electron chi connectivity index (χ1n) is 11.6. The summed E-state index contributed by atoms with van der Waals surface area (Å²) in [6.45, 7) is 2.25. The van der Waals surface area contributed by atoms with Crippen LogP contribution in [0.3, 0.4) is 0 Å². The monoisotopic (exact) mass is 527 g/mol. The molecule has 10 nitrogen and oxygen atoms in total. The van der Waals surface area contributed by atoms with Crippen molar-refractivity contribution in [2.75, 3.05) is 30.7 Å². The molecule has 4 rings (SSSR count). The van der Waals surface area contributed by atoms with Crippen LogP contribution in [0.1, 0.15) is 37.1 Å². The first kappa shape index (κ1) is 26.2. The smallest absolute Gasteiger partial charge is 0.341 e. The number of rotatable bonds is 6. The van der Waals surface area contributed by atoms with Crippen LogP contribution in [0.15, 0.2) is 30.6 Å². The van der Waals surface area contributed by atoms with Gasteiger partial charge < -0.3 is 10.6 Å². The Bertz CT molecular complexity index is 1210. The second-order valence-electron chi connectivity index (χ2n) is 8.86. The Morgan fingerprint density at radius 1 is 1.17 bits per heavy atom. The Balaban J connectivity index is 1.54. The van der Waals surface area contributed by atoms with E-state index in [9.17, 15) is 26.4 Å². The number of carbonyl (C=O) groups is 1. The number of alkyl halides is 3. The lowest BCUT2D eigenvalue weighted by Crippen LogP contribution is -2.66. The number of sulfonamides is 1. The summed E-state index contributed by atoms with van der Waals surface area (Å²) in [5.41, 5.74) is 0.758. The minimum Gasteiger partial charge on any atom is -0.341 e. The van der Waals surface area contributed by atoms with Crippen LogP contribution in [0, 0.1) is 6.92 Å². The quantitative estimate of drug-likeness (QED) is 0.587. The Kier molecular flexibility index (Phi) is 7.48. The van der Waals surface area contributed by atoms with Crippen molar-refractivity contribution in [2.24, 2.45) is 0 Å². The van der Waals surface area contributed by atoms with Gasteiger partial charge in [-0.15, -0.1) is 0 Å². The van der Waals surface area contributed by atoms with Crippen LogP contribution in [0.25, 0.3) is 0 Å². The number of aryl methyl sites for hydroxylation is 1. The molecule has 0 spiro atoms. The Hall–Kier alpha value is -2.84. The molecule has 0 radical (unpaired) electrons. The zero-order chi connectivity index (χ0) is 26.1. The molecule has 2 aromatic heterocycles. The van der Waals surface area contributed by atoms with Gasteiger partial charge in [-0.1, -0.05) is 0 Å². The van der Waals surface area contributed by atoms with Crippen molar-refractivity contribution < 1.29 is 26.4 Å². The van der Waals surface area contributed by atoms with E-state index in [2.05, 4.69) is 25.6 Å². The molecule has 0 aromatic carbocycles. The molecule has 36 heavy (non-hydrogen) atoms. The first-order chi connectivity index (χ1) is 17.0. The zero-order valence-electron chi connectivity index (χ0n) is 19.9. The van der Waals surface area contributed by atoms with Gasteiger partial charge in [0.15, 0.2) is 0 Å². The van der Waals surface area contributed by atoms with E-state index in [4.69, 9.17) is 0 Å². The fourth-order valence-corrected chi connectivity index (χ4v) is 5.74. The van der Waals surface area contributed by atoms with E-state index in [1.807, 2.05) is 0 Å². The summed E-state index contributed by atoms with van der Waals surface area (Å²) in [6.07, 6.45) is -2.01. The summed E-state index contributed by atoms with van der Waals surface area (Å²) in [5.74, 6) is 0.629. The summed E-state index contributed by atoms with van der Waals surface area (Å²) in [5, 5.41) is 5.76. The molecule has 2 N–H and O–H groups in total. The van der Waals surface area contributed by atoms with E-state index in [1.165, 1.54) is 11.8 Å². The third-order valence-electron chi connectivity index (χ3n) is 6.48. The van der Waals surface area contributed by atoms with E-state index in [0.717, 1.165) is 9.87 Å². The molecular formula is C22H28F3N7O3S. The summed E-state index contributed by atoms with van der Waals surface area (Å²) < 4.78 is 67.4. The van der Waals surface area contributed by atoms with Gasteiger partial charge in [0.05, 0.1) is 11.9 Å². The summed E-state index contributed by atoms with van der Waals surface area (Å²) in [6, 6.07) is 3.16.